The van der Waals surface area contributed by atoms with Gasteiger partial charge in [0.15, 0.2) is 0 Å². The second kappa shape index (κ2) is 3.81. The standard InChI is InChI=1S/C10H14O5/c1-5(11)13-3-7-8-4-14-10(9(7)8)15-6(2)12/h7-10H,3-4H2,1-2H3/t7-,8+,9-,10+/m0/s1. The number of carbonyl (C=O) groups excluding carboxylic acids is 2. The molecule has 5 heteroatoms. The number of hydrogen-bond acceptors (Lipinski definition) is 5. The van der Waals surface area contributed by atoms with Crippen LogP contribution in [0.15, 0.2) is 0 Å². The predicted octanol–water partition coefficient (Wildman–Crippen LogP) is 0.331. The normalized spacial score (nSPS) is 36.9. The van der Waals surface area contributed by atoms with Gasteiger partial charge in [0.2, 0.25) is 6.29 Å². The van der Waals surface area contributed by atoms with Crippen molar-refractivity contribution in [3.8, 4) is 0 Å². The van der Waals surface area contributed by atoms with E-state index in [1.54, 1.807) is 0 Å². The van der Waals surface area contributed by atoms with E-state index < -0.39 is 6.29 Å². The molecule has 0 aromatic heterocycles. The van der Waals surface area contributed by atoms with Crippen molar-refractivity contribution in [2.24, 2.45) is 17.8 Å². The van der Waals surface area contributed by atoms with E-state index in [1.165, 1.54) is 13.8 Å². The summed E-state index contributed by atoms with van der Waals surface area (Å²) in [4.78, 5) is 21.4. The first-order chi connectivity index (χ1) is 7.09. The molecule has 0 aromatic carbocycles. The average molecular weight is 214 g/mol. The molecule has 2 aliphatic rings. The maximum atomic E-state index is 10.7. The van der Waals surface area contributed by atoms with Gasteiger partial charge in [0, 0.05) is 25.7 Å². The van der Waals surface area contributed by atoms with Gasteiger partial charge in [-0.1, -0.05) is 0 Å². The van der Waals surface area contributed by atoms with Gasteiger partial charge in [0.1, 0.15) is 0 Å². The summed E-state index contributed by atoms with van der Waals surface area (Å²) in [5, 5.41) is 0. The van der Waals surface area contributed by atoms with Crippen molar-refractivity contribution < 1.29 is 23.8 Å². The third kappa shape index (κ3) is 2.12. The zero-order chi connectivity index (χ0) is 11.0. The minimum absolute atomic E-state index is 0.216. The Balaban J connectivity index is 1.79. The van der Waals surface area contributed by atoms with Gasteiger partial charge in [-0.25, -0.2) is 0 Å². The topological polar surface area (TPSA) is 61.8 Å². The Hall–Kier alpha value is -1.10. The fourth-order valence-corrected chi connectivity index (χ4v) is 2.15. The van der Waals surface area contributed by atoms with Crippen molar-refractivity contribution in [3.63, 3.8) is 0 Å². The van der Waals surface area contributed by atoms with Crippen molar-refractivity contribution >= 4 is 11.9 Å². The Bertz CT molecular complexity index is 288. The lowest BCUT2D eigenvalue weighted by Gasteiger charge is -2.14. The van der Waals surface area contributed by atoms with Crippen LogP contribution in [0.5, 0.6) is 0 Å². The molecule has 5 nitrogen and oxygen atoms in total. The van der Waals surface area contributed by atoms with Gasteiger partial charge in [0.25, 0.3) is 0 Å². The zero-order valence-electron chi connectivity index (χ0n) is 8.76. The Labute approximate surface area is 87.7 Å². The maximum absolute atomic E-state index is 10.7. The molecule has 1 saturated heterocycles. The maximum Gasteiger partial charge on any atom is 0.304 e. The van der Waals surface area contributed by atoms with Crippen LogP contribution in [0, 0.1) is 17.8 Å². The Kier molecular flexibility index (Phi) is 2.65. The molecule has 15 heavy (non-hydrogen) atoms. The largest absolute Gasteiger partial charge is 0.466 e. The van der Waals surface area contributed by atoms with Crippen molar-refractivity contribution in [1.82, 2.24) is 0 Å². The first-order valence-corrected chi connectivity index (χ1v) is 5.02. The molecule has 0 unspecified atom stereocenters. The minimum atomic E-state index is -0.437. The number of carbonyl (C=O) groups is 2. The van der Waals surface area contributed by atoms with Crippen LogP contribution in [-0.2, 0) is 23.8 Å². The lowest BCUT2D eigenvalue weighted by Crippen LogP contribution is -2.22. The molecule has 2 fully saturated rings. The summed E-state index contributed by atoms with van der Waals surface area (Å²) in [5.41, 5.74) is 0. The molecule has 2 rings (SSSR count). The monoisotopic (exact) mass is 214 g/mol. The van der Waals surface area contributed by atoms with E-state index in [9.17, 15) is 9.59 Å². The van der Waals surface area contributed by atoms with Gasteiger partial charge in [0.05, 0.1) is 13.2 Å². The van der Waals surface area contributed by atoms with Crippen molar-refractivity contribution in [1.29, 1.82) is 0 Å². The molecule has 0 N–H and O–H groups in total. The summed E-state index contributed by atoms with van der Waals surface area (Å²) in [7, 11) is 0. The van der Waals surface area contributed by atoms with Crippen LogP contribution >= 0.6 is 0 Å². The summed E-state index contributed by atoms with van der Waals surface area (Å²) in [6.45, 7) is 3.75. The third-order valence-electron chi connectivity index (χ3n) is 2.93. The van der Waals surface area contributed by atoms with Gasteiger partial charge in [-0.05, 0) is 5.92 Å². The Morgan fingerprint density at radius 3 is 2.67 bits per heavy atom. The van der Waals surface area contributed by atoms with Gasteiger partial charge in [-0.15, -0.1) is 0 Å². The highest BCUT2D eigenvalue weighted by molar-refractivity contribution is 5.66. The minimum Gasteiger partial charge on any atom is -0.466 e. The summed E-state index contributed by atoms with van der Waals surface area (Å²) in [5.74, 6) is 0.290. The lowest BCUT2D eigenvalue weighted by atomic mass is 10.3. The lowest BCUT2D eigenvalue weighted by molar-refractivity contribution is -0.175. The van der Waals surface area contributed by atoms with Crippen molar-refractivity contribution in [3.05, 3.63) is 0 Å². The van der Waals surface area contributed by atoms with E-state index >= 15 is 0 Å². The molecular formula is C10H14O5. The highest BCUT2D eigenvalue weighted by Crippen LogP contribution is 2.54. The van der Waals surface area contributed by atoms with Crippen LogP contribution in [-0.4, -0.2) is 31.4 Å². The molecule has 1 saturated carbocycles. The summed E-state index contributed by atoms with van der Waals surface area (Å²) in [6, 6.07) is 0. The zero-order valence-corrected chi connectivity index (χ0v) is 8.76. The quantitative estimate of drug-likeness (QED) is 0.633. The SMILES string of the molecule is CC(=O)OC[C@H]1[C@H]2CO[C@H](OC(C)=O)[C@H]21. The van der Waals surface area contributed by atoms with Gasteiger partial charge < -0.3 is 14.2 Å². The van der Waals surface area contributed by atoms with E-state index in [1.807, 2.05) is 0 Å². The summed E-state index contributed by atoms with van der Waals surface area (Å²) >= 11 is 0. The molecule has 1 heterocycles. The molecule has 0 bridgehead atoms. The summed E-state index contributed by atoms with van der Waals surface area (Å²) < 4.78 is 15.2. The first kappa shape index (κ1) is 10.4. The van der Waals surface area contributed by atoms with Crippen LogP contribution in [0.1, 0.15) is 13.8 Å². The molecule has 0 radical (unpaired) electrons. The number of hydrogen-bond donors (Lipinski definition) is 0. The third-order valence-corrected chi connectivity index (χ3v) is 2.93. The molecule has 0 spiro atoms. The molecule has 84 valence electrons. The smallest absolute Gasteiger partial charge is 0.304 e. The Morgan fingerprint density at radius 2 is 2.07 bits per heavy atom. The fraction of sp³-hybridized carbons (Fsp3) is 0.800. The van der Waals surface area contributed by atoms with Crippen LogP contribution < -0.4 is 0 Å². The molecule has 4 atom stereocenters. The van der Waals surface area contributed by atoms with Crippen LogP contribution in [0.3, 0.4) is 0 Å². The predicted molar refractivity (Wildman–Crippen MR) is 48.6 cm³/mol. The fourth-order valence-electron chi connectivity index (χ4n) is 2.15. The van der Waals surface area contributed by atoms with E-state index in [-0.39, 0.29) is 17.9 Å². The molecule has 0 amide bonds. The highest BCUT2D eigenvalue weighted by Gasteiger charge is 2.61. The number of fused-ring (bicyclic) bond motifs is 1. The number of rotatable bonds is 3. The van der Waals surface area contributed by atoms with Crippen LogP contribution in [0.25, 0.3) is 0 Å². The molecule has 0 aromatic rings. The van der Waals surface area contributed by atoms with Gasteiger partial charge in [-0.3, -0.25) is 9.59 Å². The number of ether oxygens (including phenoxy) is 3. The van der Waals surface area contributed by atoms with Crippen molar-refractivity contribution in [2.75, 3.05) is 13.2 Å². The summed E-state index contributed by atoms with van der Waals surface area (Å²) in [6.07, 6.45) is -0.437. The van der Waals surface area contributed by atoms with Crippen molar-refractivity contribution in [2.45, 2.75) is 20.1 Å². The second-order valence-corrected chi connectivity index (χ2v) is 4.02. The average Bonchev–Trinajstić information content (AvgIpc) is 2.68. The Morgan fingerprint density at radius 1 is 1.33 bits per heavy atom. The molecule has 1 aliphatic carbocycles. The molecule has 1 aliphatic heterocycles. The van der Waals surface area contributed by atoms with Crippen LogP contribution in [0.2, 0.25) is 0 Å². The first-order valence-electron chi connectivity index (χ1n) is 5.02. The number of esters is 2. The molecular weight excluding hydrogens is 200 g/mol. The van der Waals surface area contributed by atoms with E-state index in [0.29, 0.717) is 25.0 Å². The van der Waals surface area contributed by atoms with E-state index in [2.05, 4.69) is 0 Å². The van der Waals surface area contributed by atoms with Gasteiger partial charge >= 0.3 is 11.9 Å². The van der Waals surface area contributed by atoms with E-state index in [4.69, 9.17) is 14.2 Å². The van der Waals surface area contributed by atoms with E-state index in [0.717, 1.165) is 0 Å². The van der Waals surface area contributed by atoms with Crippen LogP contribution in [0.4, 0.5) is 0 Å². The highest BCUT2D eigenvalue weighted by atomic mass is 16.7. The van der Waals surface area contributed by atoms with Gasteiger partial charge in [-0.2, -0.15) is 0 Å². The second-order valence-electron chi connectivity index (χ2n) is 4.02.